The predicted molar refractivity (Wildman–Crippen MR) is 103 cm³/mol. The first kappa shape index (κ1) is 19.2. The van der Waals surface area contributed by atoms with Gasteiger partial charge in [0.15, 0.2) is 0 Å². The van der Waals surface area contributed by atoms with Gasteiger partial charge < -0.3 is 18.9 Å². The second-order valence-electron chi connectivity index (χ2n) is 7.17. The van der Waals surface area contributed by atoms with Gasteiger partial charge in [-0.2, -0.15) is 0 Å². The van der Waals surface area contributed by atoms with E-state index in [1.54, 1.807) is 37.7 Å². The number of amides is 1. The van der Waals surface area contributed by atoms with Crippen molar-refractivity contribution in [2.75, 3.05) is 20.7 Å². The SMILES string of the molecule is [CH2]n1c(C)nc2c(O[C@H]3CCOc4cc(F)cc(F)c43)cc(C(=O)N(C)C)cc21. The van der Waals surface area contributed by atoms with Crippen molar-refractivity contribution < 1.29 is 23.0 Å². The molecule has 1 aromatic heterocycles. The second kappa shape index (κ2) is 7.02. The lowest BCUT2D eigenvalue weighted by Gasteiger charge is -2.27. The number of ether oxygens (including phenoxy) is 2. The van der Waals surface area contributed by atoms with Crippen LogP contribution in [-0.2, 0) is 0 Å². The number of benzene rings is 2. The highest BCUT2D eigenvalue weighted by Gasteiger charge is 2.29. The van der Waals surface area contributed by atoms with Crippen LogP contribution in [-0.4, -0.2) is 41.1 Å². The second-order valence-corrected chi connectivity index (χ2v) is 7.17. The summed E-state index contributed by atoms with van der Waals surface area (Å²) in [6, 6.07) is 5.24. The molecule has 151 valence electrons. The Hall–Kier alpha value is -3.16. The van der Waals surface area contributed by atoms with Gasteiger partial charge in [0.25, 0.3) is 5.91 Å². The summed E-state index contributed by atoms with van der Waals surface area (Å²) >= 11 is 0. The number of hydrogen-bond donors (Lipinski definition) is 0. The number of carbonyl (C=O) groups excluding carboxylic acids is 1. The average Bonchev–Trinajstić information content (AvgIpc) is 2.95. The maximum atomic E-state index is 14.5. The van der Waals surface area contributed by atoms with Gasteiger partial charge in [-0.15, -0.1) is 0 Å². The van der Waals surface area contributed by atoms with Gasteiger partial charge >= 0.3 is 0 Å². The fraction of sp³-hybridized carbons (Fsp3) is 0.286. The Morgan fingerprint density at radius 1 is 1.31 bits per heavy atom. The zero-order chi connectivity index (χ0) is 20.9. The Kier molecular flexibility index (Phi) is 4.64. The molecule has 2 heterocycles. The van der Waals surface area contributed by atoms with Gasteiger partial charge in [0.2, 0.25) is 0 Å². The number of fused-ring (bicyclic) bond motifs is 2. The highest BCUT2D eigenvalue weighted by Crippen LogP contribution is 2.39. The van der Waals surface area contributed by atoms with Crippen LogP contribution in [0.5, 0.6) is 11.5 Å². The standard InChI is InChI=1S/C21H20F2N3O3/c1-11-24-20-15(26(11)4)7-12(21(27)25(2)3)8-18(20)29-16-5-6-28-17-10-13(22)9-14(23)19(16)17/h7-10,16H,4-6H2,1-3H3/t16-/m0/s1. The van der Waals surface area contributed by atoms with Crippen LogP contribution >= 0.6 is 0 Å². The summed E-state index contributed by atoms with van der Waals surface area (Å²) < 4.78 is 41.2. The third kappa shape index (κ3) is 3.28. The number of halogens is 2. The van der Waals surface area contributed by atoms with E-state index in [1.165, 1.54) is 4.90 Å². The predicted octanol–water partition coefficient (Wildman–Crippen LogP) is 3.87. The zero-order valence-corrected chi connectivity index (χ0v) is 16.3. The minimum Gasteiger partial charge on any atom is -0.493 e. The first-order chi connectivity index (χ1) is 13.8. The smallest absolute Gasteiger partial charge is 0.253 e. The molecule has 0 saturated carbocycles. The van der Waals surface area contributed by atoms with E-state index in [4.69, 9.17) is 9.47 Å². The van der Waals surface area contributed by atoms with Crippen molar-refractivity contribution in [3.05, 3.63) is 59.9 Å². The van der Waals surface area contributed by atoms with Gasteiger partial charge in [0.1, 0.15) is 40.6 Å². The summed E-state index contributed by atoms with van der Waals surface area (Å²) in [7, 11) is 7.26. The highest BCUT2D eigenvalue weighted by molar-refractivity contribution is 5.99. The highest BCUT2D eigenvalue weighted by atomic mass is 19.1. The molecule has 6 nitrogen and oxygen atoms in total. The summed E-state index contributed by atoms with van der Waals surface area (Å²) in [6.07, 6.45) is -0.338. The lowest BCUT2D eigenvalue weighted by Crippen LogP contribution is -2.22. The van der Waals surface area contributed by atoms with E-state index in [0.717, 1.165) is 12.1 Å². The molecule has 1 aliphatic rings. The Morgan fingerprint density at radius 2 is 2.07 bits per heavy atom. The third-order valence-electron chi connectivity index (χ3n) is 4.95. The first-order valence-electron chi connectivity index (χ1n) is 9.10. The van der Waals surface area contributed by atoms with Crippen LogP contribution in [0, 0.1) is 25.6 Å². The monoisotopic (exact) mass is 400 g/mol. The van der Waals surface area contributed by atoms with E-state index >= 15 is 0 Å². The van der Waals surface area contributed by atoms with E-state index in [9.17, 15) is 13.6 Å². The Labute approximate surface area is 166 Å². The third-order valence-corrected chi connectivity index (χ3v) is 4.95. The molecule has 0 saturated heterocycles. The van der Waals surface area contributed by atoms with Gasteiger partial charge in [0.05, 0.1) is 17.7 Å². The van der Waals surface area contributed by atoms with Crippen LogP contribution in [0.4, 0.5) is 8.78 Å². The number of hydrogen-bond acceptors (Lipinski definition) is 4. The molecule has 0 fully saturated rings. The molecule has 0 unspecified atom stereocenters. The number of aryl methyl sites for hydroxylation is 1. The fourth-order valence-corrected chi connectivity index (χ4v) is 3.46. The molecule has 4 rings (SSSR count). The van der Waals surface area contributed by atoms with Crippen molar-refractivity contribution in [2.45, 2.75) is 19.4 Å². The molecule has 1 radical (unpaired) electrons. The van der Waals surface area contributed by atoms with Crippen LogP contribution in [0.3, 0.4) is 0 Å². The normalized spacial score (nSPS) is 15.7. The summed E-state index contributed by atoms with van der Waals surface area (Å²) in [5.41, 5.74) is 1.69. The lowest BCUT2D eigenvalue weighted by atomic mass is 10.0. The van der Waals surface area contributed by atoms with Crippen molar-refractivity contribution in [1.29, 1.82) is 0 Å². The Balaban J connectivity index is 1.83. The summed E-state index contributed by atoms with van der Waals surface area (Å²) in [5.74, 6) is -0.569. The summed E-state index contributed by atoms with van der Waals surface area (Å²) in [6.45, 7) is 2.04. The molecule has 8 heteroatoms. The van der Waals surface area contributed by atoms with Gasteiger partial charge in [-0.05, 0) is 19.1 Å². The van der Waals surface area contributed by atoms with Crippen molar-refractivity contribution in [2.24, 2.45) is 0 Å². The number of carbonyl (C=O) groups is 1. The zero-order valence-electron chi connectivity index (χ0n) is 16.3. The van der Waals surface area contributed by atoms with E-state index in [2.05, 4.69) is 12.0 Å². The molecule has 2 aromatic carbocycles. The van der Waals surface area contributed by atoms with Gasteiger partial charge in [-0.25, -0.2) is 13.8 Å². The molecule has 3 aromatic rings. The van der Waals surface area contributed by atoms with Crippen LogP contribution in [0.15, 0.2) is 24.3 Å². The van der Waals surface area contributed by atoms with Crippen LogP contribution in [0.1, 0.15) is 34.3 Å². The minimum absolute atomic E-state index is 0.120. The van der Waals surface area contributed by atoms with Crippen LogP contribution in [0.25, 0.3) is 11.0 Å². The Morgan fingerprint density at radius 3 is 2.79 bits per heavy atom. The average molecular weight is 400 g/mol. The molecule has 0 bridgehead atoms. The van der Waals surface area contributed by atoms with Gasteiger partial charge in [0, 0.05) is 45.3 Å². The Bertz CT molecular complexity index is 1120. The minimum atomic E-state index is -0.736. The molecule has 1 amide bonds. The molecular weight excluding hydrogens is 380 g/mol. The maximum absolute atomic E-state index is 14.5. The molecule has 0 aliphatic carbocycles. The van der Waals surface area contributed by atoms with Crippen molar-refractivity contribution in [1.82, 2.24) is 14.5 Å². The number of rotatable bonds is 3. The molecule has 1 atom stereocenters. The van der Waals surface area contributed by atoms with Crippen LogP contribution < -0.4 is 9.47 Å². The number of aromatic nitrogens is 2. The molecule has 0 spiro atoms. The molecular formula is C21H20F2N3O3. The summed E-state index contributed by atoms with van der Waals surface area (Å²) in [5, 5.41) is 0. The van der Waals surface area contributed by atoms with E-state index in [-0.39, 0.29) is 23.8 Å². The van der Waals surface area contributed by atoms with Gasteiger partial charge in [-0.1, -0.05) is 0 Å². The molecule has 0 N–H and O–H groups in total. The van der Waals surface area contributed by atoms with E-state index < -0.39 is 17.7 Å². The maximum Gasteiger partial charge on any atom is 0.253 e. The quantitative estimate of drug-likeness (QED) is 0.670. The number of nitrogens with zero attached hydrogens (tertiary/aromatic N) is 3. The lowest BCUT2D eigenvalue weighted by molar-refractivity contribution is 0.0826. The van der Waals surface area contributed by atoms with Crippen molar-refractivity contribution in [3.63, 3.8) is 0 Å². The van der Waals surface area contributed by atoms with Crippen molar-refractivity contribution in [3.8, 4) is 11.5 Å². The molecule has 1 aliphatic heterocycles. The topological polar surface area (TPSA) is 56.6 Å². The molecule has 29 heavy (non-hydrogen) atoms. The first-order valence-corrected chi connectivity index (χ1v) is 9.10. The van der Waals surface area contributed by atoms with E-state index in [1.807, 2.05) is 0 Å². The van der Waals surface area contributed by atoms with Crippen LogP contribution in [0.2, 0.25) is 0 Å². The van der Waals surface area contributed by atoms with Crippen molar-refractivity contribution >= 4 is 16.9 Å². The largest absolute Gasteiger partial charge is 0.493 e. The van der Waals surface area contributed by atoms with Gasteiger partial charge in [-0.3, -0.25) is 4.79 Å². The van der Waals surface area contributed by atoms with E-state index in [0.29, 0.717) is 34.6 Å². The summed E-state index contributed by atoms with van der Waals surface area (Å²) in [4.78, 5) is 18.5. The fourth-order valence-electron chi connectivity index (χ4n) is 3.46. The number of imidazole rings is 1.